The second-order valence-electron chi connectivity index (χ2n) is 10.1. The predicted octanol–water partition coefficient (Wildman–Crippen LogP) is 0.648. The first-order chi connectivity index (χ1) is 17.9. The largest absolute Gasteiger partial charge is 0.507 e. The average Bonchev–Trinajstić information content (AvgIpc) is 2.87. The molecule has 0 saturated carbocycles. The van der Waals surface area contributed by atoms with Gasteiger partial charge in [-0.05, 0) is 19.9 Å². The van der Waals surface area contributed by atoms with Gasteiger partial charge in [-0.2, -0.15) is 0 Å². The number of phenolic OH excluding ortho intramolecular Hbond substituents is 2. The molecule has 206 valence electrons. The number of fused-ring (bicyclic) bond motifs is 3. The second-order valence-corrected chi connectivity index (χ2v) is 10.1. The van der Waals surface area contributed by atoms with Crippen LogP contribution < -0.4 is 10.5 Å². The number of aliphatic hydroxyl groups excluding tert-OH is 1. The van der Waals surface area contributed by atoms with Crippen molar-refractivity contribution in [3.05, 3.63) is 51.6 Å². The number of hydrogen-bond acceptors (Lipinski definition) is 11. The number of benzene rings is 2. The summed E-state index contributed by atoms with van der Waals surface area (Å²) in [6.07, 6.45) is -4.53. The van der Waals surface area contributed by atoms with Gasteiger partial charge >= 0.3 is 0 Å². The minimum atomic E-state index is -2.00. The zero-order valence-corrected chi connectivity index (χ0v) is 25.4. The third kappa shape index (κ3) is 4.58. The summed E-state index contributed by atoms with van der Waals surface area (Å²) in [5.74, 6) is -3.18. The Morgan fingerprint density at radius 2 is 1.79 bits per heavy atom. The Hall–Kier alpha value is -2.43. The minimum absolute atomic E-state index is 0. The number of rotatable bonds is 4. The number of carbonyl (C=O) groups excluding carboxylic acids is 3. The van der Waals surface area contributed by atoms with E-state index in [2.05, 4.69) is 0 Å². The summed E-state index contributed by atoms with van der Waals surface area (Å²) >= 11 is 0. The fourth-order valence-electron chi connectivity index (χ4n) is 5.66. The van der Waals surface area contributed by atoms with Crippen LogP contribution >= 0.6 is 0 Å². The topological polar surface area (TPSA) is 186 Å². The summed E-state index contributed by atoms with van der Waals surface area (Å²) in [5, 5.41) is 44.1. The summed E-state index contributed by atoms with van der Waals surface area (Å²) in [4.78, 5) is 39.6. The minimum Gasteiger partial charge on any atom is -0.507 e. The van der Waals surface area contributed by atoms with Gasteiger partial charge in [-0.15, -0.1) is 0 Å². The molecule has 0 bridgehead atoms. The van der Waals surface area contributed by atoms with Crippen LogP contribution in [0.25, 0.3) is 0 Å². The molecule has 0 aromatic heterocycles. The molecule has 1 fully saturated rings. The van der Waals surface area contributed by atoms with E-state index in [0.717, 1.165) is 0 Å². The van der Waals surface area contributed by atoms with Crippen molar-refractivity contribution in [3.63, 3.8) is 0 Å². The van der Waals surface area contributed by atoms with Crippen LogP contribution in [0.3, 0.4) is 0 Å². The van der Waals surface area contributed by atoms with Crippen molar-refractivity contribution in [2.45, 2.75) is 69.4 Å². The second kappa shape index (κ2) is 10.5. The van der Waals surface area contributed by atoms with Gasteiger partial charge in [0.2, 0.25) is 5.78 Å². The van der Waals surface area contributed by atoms with Crippen LogP contribution in [0, 0.1) is 0 Å². The van der Waals surface area contributed by atoms with E-state index in [1.807, 2.05) is 0 Å². The Labute approximate surface area is 244 Å². The molecule has 3 aliphatic rings. The maximum atomic E-state index is 13.6. The van der Waals surface area contributed by atoms with Crippen molar-refractivity contribution in [2.24, 2.45) is 5.73 Å². The number of aromatic hydroxyl groups is 2. The first-order valence-corrected chi connectivity index (χ1v) is 12.2. The molecule has 12 heteroatoms. The third-order valence-corrected chi connectivity index (χ3v) is 7.80. The summed E-state index contributed by atoms with van der Waals surface area (Å²) in [6, 6.07) is 3.75. The molecule has 39 heavy (non-hydrogen) atoms. The fraction of sp³-hybridized carbons (Fsp3) is 0.444. The summed E-state index contributed by atoms with van der Waals surface area (Å²) in [7, 11) is 1.34. The normalized spacial score (nSPS) is 29.5. The molecular weight excluding hydrogens is 705 g/mol. The average molecular weight is 735 g/mol. The van der Waals surface area contributed by atoms with Gasteiger partial charge in [-0.25, -0.2) is 0 Å². The van der Waals surface area contributed by atoms with Crippen LogP contribution in [0.4, 0.5) is 0 Å². The van der Waals surface area contributed by atoms with E-state index >= 15 is 0 Å². The molecule has 0 spiro atoms. The molecule has 1 saturated heterocycles. The van der Waals surface area contributed by atoms with Crippen molar-refractivity contribution < 1.29 is 49.0 Å². The van der Waals surface area contributed by atoms with Crippen molar-refractivity contribution >= 4 is 44.6 Å². The van der Waals surface area contributed by atoms with Gasteiger partial charge in [0, 0.05) is 69.3 Å². The zero-order valence-electron chi connectivity index (χ0n) is 21.6. The molecule has 5 rings (SSSR count). The Morgan fingerprint density at radius 3 is 2.41 bits per heavy atom. The van der Waals surface area contributed by atoms with Crippen LogP contribution in [0.5, 0.6) is 17.2 Å². The molecule has 0 unspecified atom stereocenters. The molecule has 1 heterocycles. The fourth-order valence-corrected chi connectivity index (χ4v) is 5.66. The van der Waals surface area contributed by atoms with E-state index in [1.165, 1.54) is 32.2 Å². The van der Waals surface area contributed by atoms with E-state index in [9.17, 15) is 34.8 Å². The zero-order chi connectivity index (χ0) is 27.7. The van der Waals surface area contributed by atoms with Gasteiger partial charge in [-0.1, -0.05) is 12.1 Å². The number of phenols is 2. The number of carbonyl (C=O) groups is 3. The first-order valence-electron chi connectivity index (χ1n) is 12.2. The maximum absolute atomic E-state index is 13.6. The molecule has 6 atom stereocenters. The number of ketones is 3. The van der Waals surface area contributed by atoms with Gasteiger partial charge in [0.1, 0.15) is 22.8 Å². The molecule has 4 radical (unpaired) electrons. The number of aliphatic hydroxyl groups is 2. The van der Waals surface area contributed by atoms with Crippen molar-refractivity contribution in [1.82, 2.24) is 0 Å². The summed E-state index contributed by atoms with van der Waals surface area (Å²) in [6.45, 7) is 2.79. The SMILES string of the molecule is COc1cccc2c1C(=O)c1c(O)c3c(c(O)c1C2=O)C[C@@](O)(C(C)=O)C[C@@H]3O[C@H]1C[C@H](N)[C@H](O)[C@H](C)O1.[Pb]. The van der Waals surface area contributed by atoms with Crippen LogP contribution in [0.15, 0.2) is 18.2 Å². The van der Waals surface area contributed by atoms with E-state index in [1.54, 1.807) is 6.92 Å². The smallest absolute Gasteiger partial charge is 0.202 e. The molecular formula is C27H29NO10Pb. The van der Waals surface area contributed by atoms with E-state index in [4.69, 9.17) is 19.9 Å². The maximum Gasteiger partial charge on any atom is 0.202 e. The van der Waals surface area contributed by atoms with Gasteiger partial charge in [0.15, 0.2) is 17.9 Å². The van der Waals surface area contributed by atoms with E-state index in [-0.39, 0.29) is 68.1 Å². The summed E-state index contributed by atoms with van der Waals surface area (Å²) in [5.41, 5.74) is 2.97. The van der Waals surface area contributed by atoms with Crippen LogP contribution in [0.2, 0.25) is 0 Å². The van der Waals surface area contributed by atoms with Crippen molar-refractivity contribution in [1.29, 1.82) is 0 Å². The van der Waals surface area contributed by atoms with Gasteiger partial charge in [0.25, 0.3) is 0 Å². The Balaban J connectivity index is 0.00000353. The Morgan fingerprint density at radius 1 is 1.13 bits per heavy atom. The molecule has 2 aliphatic carbocycles. The molecule has 2 aromatic rings. The quantitative estimate of drug-likeness (QED) is 0.187. The van der Waals surface area contributed by atoms with Crippen LogP contribution in [-0.4, -0.2) is 102 Å². The predicted molar refractivity (Wildman–Crippen MR) is 136 cm³/mol. The van der Waals surface area contributed by atoms with Crippen molar-refractivity contribution in [2.75, 3.05) is 7.11 Å². The summed E-state index contributed by atoms with van der Waals surface area (Å²) < 4.78 is 17.1. The number of hydrogen-bond donors (Lipinski definition) is 5. The monoisotopic (exact) mass is 735 g/mol. The first kappa shape index (κ1) is 29.6. The van der Waals surface area contributed by atoms with Gasteiger partial charge in [0.05, 0.1) is 42.1 Å². The molecule has 0 amide bonds. The Bertz CT molecular complexity index is 1370. The third-order valence-electron chi connectivity index (χ3n) is 7.80. The molecule has 2 aromatic carbocycles. The van der Waals surface area contributed by atoms with Crippen molar-refractivity contribution in [3.8, 4) is 17.2 Å². The number of nitrogens with two attached hydrogens (primary N) is 1. The Kier molecular flexibility index (Phi) is 7.97. The van der Waals surface area contributed by atoms with E-state index < -0.39 is 82.6 Å². The number of ether oxygens (including phenoxy) is 3. The molecule has 1 aliphatic heterocycles. The van der Waals surface area contributed by atoms with Crippen LogP contribution in [-0.2, 0) is 20.7 Å². The number of methoxy groups -OCH3 is 1. The van der Waals surface area contributed by atoms with Gasteiger partial charge in [-0.3, -0.25) is 14.4 Å². The van der Waals surface area contributed by atoms with Crippen LogP contribution in [0.1, 0.15) is 75.8 Å². The van der Waals surface area contributed by atoms with Gasteiger partial charge < -0.3 is 40.4 Å². The molecule has 6 N–H and O–H groups in total. The van der Waals surface area contributed by atoms with E-state index in [0.29, 0.717) is 0 Å². The number of Topliss-reactive ketones (excluding diaryl/α,β-unsaturated/α-hetero) is 1. The standard InChI is InChI=1S/C27H29NO10.Pb/c1-10-22(30)14(28)7-17(37-10)38-16-9-27(35,11(2)29)8-13-19(16)26(34)21-20(24(13)32)23(31)12-5-4-6-15(36-3)18(12)25(21)33;/h4-6,10,14,16-17,22,30,32,34-35H,7-9,28H2,1-3H3;/t10-,14-,16-,17-,22+,27-;/m0./s1. The molecule has 11 nitrogen and oxygen atoms in total.